The Hall–Kier alpha value is -2.58. The van der Waals surface area contributed by atoms with E-state index in [1.54, 1.807) is 6.07 Å². The maximum absolute atomic E-state index is 9.10. The number of ether oxygens (including phenoxy) is 1. The highest BCUT2D eigenvalue weighted by molar-refractivity contribution is 7.71. The van der Waals surface area contributed by atoms with Gasteiger partial charge in [-0.2, -0.15) is 5.26 Å². The Morgan fingerprint density at radius 2 is 2.14 bits per heavy atom. The van der Waals surface area contributed by atoms with E-state index < -0.39 is 0 Å². The second-order valence-corrected chi connectivity index (χ2v) is 5.40. The average molecular weight is 293 g/mol. The van der Waals surface area contributed by atoms with E-state index in [9.17, 15) is 0 Å². The molecule has 2 heterocycles. The molecule has 5 heteroatoms. The van der Waals surface area contributed by atoms with Crippen LogP contribution in [0.5, 0.6) is 5.75 Å². The molecule has 0 saturated carbocycles. The summed E-state index contributed by atoms with van der Waals surface area (Å²) in [5.41, 5.74) is 3.61. The molecule has 1 aromatic heterocycles. The number of H-pyrrole nitrogens is 1. The minimum absolute atomic E-state index is 0.0383. The zero-order valence-electron chi connectivity index (χ0n) is 11.0. The third-order valence-electron chi connectivity index (χ3n) is 3.83. The molecule has 0 spiro atoms. The lowest BCUT2D eigenvalue weighted by Crippen LogP contribution is -2.12. The molecule has 0 amide bonds. The number of benzene rings is 2. The van der Waals surface area contributed by atoms with Crippen molar-refractivity contribution in [2.24, 2.45) is 0 Å². The first-order valence-electron chi connectivity index (χ1n) is 6.64. The Morgan fingerprint density at radius 3 is 3.00 bits per heavy atom. The van der Waals surface area contributed by atoms with Crippen LogP contribution in [0.2, 0.25) is 0 Å². The summed E-state index contributed by atoms with van der Waals surface area (Å²) in [5, 5.41) is 9.10. The molecule has 0 saturated heterocycles. The number of aromatic amines is 1. The van der Waals surface area contributed by atoms with E-state index >= 15 is 0 Å². The molecule has 4 rings (SSSR count). The second-order valence-electron chi connectivity index (χ2n) is 5.01. The van der Waals surface area contributed by atoms with Crippen molar-refractivity contribution in [2.45, 2.75) is 6.04 Å². The van der Waals surface area contributed by atoms with Crippen LogP contribution in [0.15, 0.2) is 42.5 Å². The average Bonchev–Trinajstić information content (AvgIpc) is 3.06. The molecular formula is C16H11N3OS. The topological polar surface area (TPSA) is 53.7 Å². The first-order valence-corrected chi connectivity index (χ1v) is 7.05. The highest BCUT2D eigenvalue weighted by atomic mass is 32.1. The molecule has 0 aliphatic carbocycles. The number of nitrogens with one attached hydrogen (secondary N) is 1. The van der Waals surface area contributed by atoms with E-state index in [1.165, 1.54) is 0 Å². The highest BCUT2D eigenvalue weighted by Gasteiger charge is 2.27. The number of aromatic nitrogens is 2. The van der Waals surface area contributed by atoms with Gasteiger partial charge in [0.25, 0.3) is 0 Å². The lowest BCUT2D eigenvalue weighted by molar-refractivity contribution is 0.318. The first-order chi connectivity index (χ1) is 10.3. The summed E-state index contributed by atoms with van der Waals surface area (Å²) in [5.74, 6) is 0.898. The van der Waals surface area contributed by atoms with Crippen molar-refractivity contribution in [1.29, 1.82) is 5.26 Å². The smallest absolute Gasteiger partial charge is 0.178 e. The minimum Gasteiger partial charge on any atom is -0.491 e. The predicted octanol–water partition coefficient (Wildman–Crippen LogP) is 3.55. The Morgan fingerprint density at radius 1 is 1.29 bits per heavy atom. The van der Waals surface area contributed by atoms with Crippen molar-refractivity contribution in [2.75, 3.05) is 6.61 Å². The zero-order chi connectivity index (χ0) is 14.4. The molecule has 1 aliphatic heterocycles. The Kier molecular flexibility index (Phi) is 2.59. The van der Waals surface area contributed by atoms with E-state index in [0.717, 1.165) is 22.3 Å². The van der Waals surface area contributed by atoms with Crippen LogP contribution < -0.4 is 4.74 Å². The van der Waals surface area contributed by atoms with E-state index in [-0.39, 0.29) is 6.04 Å². The molecule has 1 atom stereocenters. The molecule has 1 aliphatic rings. The van der Waals surface area contributed by atoms with Gasteiger partial charge in [-0.25, -0.2) is 0 Å². The molecule has 2 aromatic carbocycles. The summed E-state index contributed by atoms with van der Waals surface area (Å²) >= 11 is 5.47. The summed E-state index contributed by atoms with van der Waals surface area (Å²) in [6.07, 6.45) is 0. The molecule has 0 fully saturated rings. The number of hydrogen-bond acceptors (Lipinski definition) is 3. The second kappa shape index (κ2) is 4.47. The Bertz CT molecular complexity index is 948. The monoisotopic (exact) mass is 293 g/mol. The van der Waals surface area contributed by atoms with Gasteiger partial charge in [0.1, 0.15) is 12.4 Å². The number of hydrogen-bond donors (Lipinski definition) is 1. The van der Waals surface area contributed by atoms with Crippen molar-refractivity contribution < 1.29 is 4.74 Å². The van der Waals surface area contributed by atoms with E-state index in [4.69, 9.17) is 22.2 Å². The van der Waals surface area contributed by atoms with Gasteiger partial charge in [-0.05, 0) is 36.5 Å². The largest absolute Gasteiger partial charge is 0.491 e. The maximum atomic E-state index is 9.10. The van der Waals surface area contributed by atoms with Crippen LogP contribution in [0.4, 0.5) is 0 Å². The molecular weight excluding hydrogens is 282 g/mol. The highest BCUT2D eigenvalue weighted by Crippen LogP contribution is 2.36. The lowest BCUT2D eigenvalue weighted by Gasteiger charge is -2.12. The van der Waals surface area contributed by atoms with Crippen molar-refractivity contribution >= 4 is 23.3 Å². The van der Waals surface area contributed by atoms with Gasteiger partial charge in [0.05, 0.1) is 28.7 Å². The molecule has 1 N–H and O–H groups in total. The standard InChI is InChI=1S/C16H11N3OS/c17-8-10-5-6-12-13(7-10)19(16(21)18-12)14-9-20-15-4-2-1-3-11(14)15/h1-7,14H,9H2,(H,18,21). The fourth-order valence-corrected chi connectivity index (χ4v) is 3.20. The molecule has 0 bridgehead atoms. The van der Waals surface area contributed by atoms with Gasteiger partial charge in [0, 0.05) is 5.56 Å². The number of imidazole rings is 1. The molecule has 1 unspecified atom stereocenters. The van der Waals surface area contributed by atoms with Crippen LogP contribution in [-0.4, -0.2) is 16.2 Å². The molecule has 21 heavy (non-hydrogen) atoms. The van der Waals surface area contributed by atoms with Crippen LogP contribution in [0.1, 0.15) is 17.2 Å². The number of fused-ring (bicyclic) bond motifs is 2. The fraction of sp³-hybridized carbons (Fsp3) is 0.125. The summed E-state index contributed by atoms with van der Waals surface area (Å²) in [4.78, 5) is 3.20. The fourth-order valence-electron chi connectivity index (χ4n) is 2.86. The Balaban J connectivity index is 1.98. The molecule has 4 nitrogen and oxygen atoms in total. The number of nitriles is 1. The summed E-state index contributed by atoms with van der Waals surface area (Å²) < 4.78 is 8.43. The molecule has 3 aromatic rings. The predicted molar refractivity (Wildman–Crippen MR) is 81.9 cm³/mol. The number of rotatable bonds is 1. The van der Waals surface area contributed by atoms with Crippen molar-refractivity contribution in [1.82, 2.24) is 9.55 Å². The van der Waals surface area contributed by atoms with Gasteiger partial charge in [-0.15, -0.1) is 0 Å². The molecule has 0 radical (unpaired) electrons. The Labute approximate surface area is 126 Å². The summed E-state index contributed by atoms with van der Waals surface area (Å²) in [7, 11) is 0. The van der Waals surface area contributed by atoms with Crippen LogP contribution in [0, 0.1) is 16.1 Å². The van der Waals surface area contributed by atoms with Gasteiger partial charge in [0.2, 0.25) is 0 Å². The van der Waals surface area contributed by atoms with Crippen LogP contribution in [0.3, 0.4) is 0 Å². The normalized spacial score (nSPS) is 16.4. The third kappa shape index (κ3) is 1.77. The van der Waals surface area contributed by atoms with Crippen LogP contribution in [0.25, 0.3) is 11.0 Å². The number of nitrogens with zero attached hydrogens (tertiary/aromatic N) is 2. The zero-order valence-corrected chi connectivity index (χ0v) is 11.9. The van der Waals surface area contributed by atoms with Crippen molar-refractivity contribution in [3.05, 3.63) is 58.4 Å². The molecule has 102 valence electrons. The van der Waals surface area contributed by atoms with E-state index in [2.05, 4.69) is 17.1 Å². The SMILES string of the molecule is N#Cc1ccc2[nH]c(=S)n(C3COc4ccccc43)c2c1. The summed E-state index contributed by atoms with van der Waals surface area (Å²) in [6, 6.07) is 15.7. The van der Waals surface area contributed by atoms with Gasteiger partial charge < -0.3 is 14.3 Å². The van der Waals surface area contributed by atoms with Gasteiger partial charge >= 0.3 is 0 Å². The van der Waals surface area contributed by atoms with Gasteiger partial charge in [-0.1, -0.05) is 18.2 Å². The first kappa shape index (κ1) is 12.2. The van der Waals surface area contributed by atoms with E-state index in [1.807, 2.05) is 34.9 Å². The van der Waals surface area contributed by atoms with E-state index in [0.29, 0.717) is 16.9 Å². The van der Waals surface area contributed by atoms with Crippen LogP contribution in [-0.2, 0) is 0 Å². The van der Waals surface area contributed by atoms with Crippen molar-refractivity contribution in [3.8, 4) is 11.8 Å². The van der Waals surface area contributed by atoms with Crippen LogP contribution >= 0.6 is 12.2 Å². The summed E-state index contributed by atoms with van der Waals surface area (Å²) in [6.45, 7) is 0.553. The minimum atomic E-state index is 0.0383. The lowest BCUT2D eigenvalue weighted by atomic mass is 10.1. The van der Waals surface area contributed by atoms with Gasteiger partial charge in [-0.3, -0.25) is 0 Å². The number of para-hydroxylation sites is 1. The quantitative estimate of drug-likeness (QED) is 0.698. The maximum Gasteiger partial charge on any atom is 0.178 e. The third-order valence-corrected chi connectivity index (χ3v) is 4.13. The van der Waals surface area contributed by atoms with Gasteiger partial charge in [0.15, 0.2) is 4.77 Å². The van der Waals surface area contributed by atoms with Crippen molar-refractivity contribution in [3.63, 3.8) is 0 Å².